The predicted molar refractivity (Wildman–Crippen MR) is 91.3 cm³/mol. The van der Waals surface area contributed by atoms with Crippen LogP contribution >= 0.6 is 11.6 Å². The van der Waals surface area contributed by atoms with E-state index >= 15 is 0 Å². The number of carbonyl (C=O) groups excluding carboxylic acids is 1. The summed E-state index contributed by atoms with van der Waals surface area (Å²) in [7, 11) is 1.58. The van der Waals surface area contributed by atoms with Crippen LogP contribution in [0, 0.1) is 0 Å². The zero-order chi connectivity index (χ0) is 16.2. The van der Waals surface area contributed by atoms with E-state index in [2.05, 4.69) is 25.3 Å². The second-order valence-corrected chi connectivity index (χ2v) is 5.74. The molecule has 0 atom stereocenters. The molecule has 2 aromatic rings. The van der Waals surface area contributed by atoms with Crippen molar-refractivity contribution in [2.45, 2.75) is 0 Å². The smallest absolute Gasteiger partial charge is 0.271 e. The quantitative estimate of drug-likeness (QED) is 0.929. The molecule has 1 aromatic carbocycles. The fourth-order valence-electron chi connectivity index (χ4n) is 2.59. The van der Waals surface area contributed by atoms with Gasteiger partial charge in [-0.15, -0.1) is 10.2 Å². The van der Waals surface area contributed by atoms with Crippen molar-refractivity contribution in [1.82, 2.24) is 15.5 Å². The first-order valence-electron chi connectivity index (χ1n) is 7.48. The molecular formula is C16H18ClN5O. The van der Waals surface area contributed by atoms with E-state index in [1.165, 1.54) is 5.69 Å². The van der Waals surface area contributed by atoms with Crippen LogP contribution in [-0.2, 0) is 0 Å². The number of hydrogen-bond donors (Lipinski definition) is 1. The molecule has 2 heterocycles. The van der Waals surface area contributed by atoms with E-state index in [0.29, 0.717) is 5.69 Å². The standard InChI is InChI=1S/C16H18ClN5O/c1-18-16(23)14-6-7-15(20-19-14)22-10-8-21(9-11-22)13-4-2-12(17)3-5-13/h2-7H,8-11H2,1H3,(H,18,23). The Morgan fingerprint density at radius 3 is 2.22 bits per heavy atom. The van der Waals surface area contributed by atoms with Crippen LogP contribution in [0.5, 0.6) is 0 Å². The van der Waals surface area contributed by atoms with Gasteiger partial charge in [0.15, 0.2) is 11.5 Å². The lowest BCUT2D eigenvalue weighted by Crippen LogP contribution is -2.46. The highest BCUT2D eigenvalue weighted by Crippen LogP contribution is 2.21. The Labute approximate surface area is 140 Å². The van der Waals surface area contributed by atoms with Gasteiger partial charge >= 0.3 is 0 Å². The summed E-state index contributed by atoms with van der Waals surface area (Å²) >= 11 is 5.93. The zero-order valence-corrected chi connectivity index (χ0v) is 13.6. The van der Waals surface area contributed by atoms with Crippen molar-refractivity contribution in [3.8, 4) is 0 Å². The molecule has 1 fully saturated rings. The molecule has 120 valence electrons. The van der Waals surface area contributed by atoms with Gasteiger partial charge in [-0.05, 0) is 36.4 Å². The Hall–Kier alpha value is -2.34. The first-order valence-corrected chi connectivity index (χ1v) is 7.86. The van der Waals surface area contributed by atoms with Crippen LogP contribution in [-0.4, -0.2) is 49.3 Å². The molecule has 0 spiro atoms. The number of benzene rings is 1. The number of nitrogens with one attached hydrogen (secondary N) is 1. The molecule has 1 aliphatic rings. The fraction of sp³-hybridized carbons (Fsp3) is 0.312. The van der Waals surface area contributed by atoms with E-state index in [4.69, 9.17) is 11.6 Å². The third-order valence-corrected chi connectivity index (χ3v) is 4.16. The van der Waals surface area contributed by atoms with Gasteiger partial charge in [-0.25, -0.2) is 0 Å². The number of aromatic nitrogens is 2. The zero-order valence-electron chi connectivity index (χ0n) is 12.9. The van der Waals surface area contributed by atoms with Crippen molar-refractivity contribution < 1.29 is 4.79 Å². The summed E-state index contributed by atoms with van der Waals surface area (Å²) in [5, 5.41) is 11.4. The van der Waals surface area contributed by atoms with Crippen LogP contribution in [0.2, 0.25) is 5.02 Å². The summed E-state index contributed by atoms with van der Waals surface area (Å²) in [6, 6.07) is 11.4. The minimum atomic E-state index is -0.225. The summed E-state index contributed by atoms with van der Waals surface area (Å²) in [4.78, 5) is 16.0. The molecule has 0 aliphatic carbocycles. The Morgan fingerprint density at radius 2 is 1.65 bits per heavy atom. The summed E-state index contributed by atoms with van der Waals surface area (Å²) in [6.45, 7) is 3.52. The first-order chi connectivity index (χ1) is 11.2. The molecule has 1 saturated heterocycles. The molecule has 1 amide bonds. The number of carbonyl (C=O) groups is 1. The van der Waals surface area contributed by atoms with Crippen molar-refractivity contribution in [2.75, 3.05) is 43.0 Å². The Kier molecular flexibility index (Phi) is 4.62. The molecule has 0 unspecified atom stereocenters. The maximum absolute atomic E-state index is 11.5. The van der Waals surface area contributed by atoms with Crippen LogP contribution in [0.15, 0.2) is 36.4 Å². The molecule has 1 aliphatic heterocycles. The predicted octanol–water partition coefficient (Wildman–Crippen LogP) is 1.82. The minimum absolute atomic E-state index is 0.225. The first kappa shape index (κ1) is 15.6. The second kappa shape index (κ2) is 6.83. The lowest BCUT2D eigenvalue weighted by molar-refractivity contribution is 0.0957. The number of hydrogen-bond acceptors (Lipinski definition) is 5. The highest BCUT2D eigenvalue weighted by molar-refractivity contribution is 6.30. The van der Waals surface area contributed by atoms with Crippen LogP contribution in [0.4, 0.5) is 11.5 Å². The summed E-state index contributed by atoms with van der Waals surface area (Å²) in [5.74, 6) is 0.574. The van der Waals surface area contributed by atoms with Crippen molar-refractivity contribution in [3.05, 3.63) is 47.1 Å². The number of amides is 1. The van der Waals surface area contributed by atoms with Crippen LogP contribution in [0.1, 0.15) is 10.5 Å². The van der Waals surface area contributed by atoms with Crippen molar-refractivity contribution in [1.29, 1.82) is 0 Å². The van der Waals surface area contributed by atoms with Crippen molar-refractivity contribution in [2.24, 2.45) is 0 Å². The molecule has 1 N–H and O–H groups in total. The number of piperazine rings is 1. The second-order valence-electron chi connectivity index (χ2n) is 5.31. The molecule has 3 rings (SSSR count). The van der Waals surface area contributed by atoms with Gasteiger partial charge in [-0.3, -0.25) is 4.79 Å². The van der Waals surface area contributed by atoms with Gasteiger partial charge in [-0.2, -0.15) is 0 Å². The average molecular weight is 332 g/mol. The average Bonchev–Trinajstić information content (AvgIpc) is 2.62. The third-order valence-electron chi connectivity index (χ3n) is 3.91. The van der Waals surface area contributed by atoms with Crippen LogP contribution in [0.25, 0.3) is 0 Å². The van der Waals surface area contributed by atoms with Gasteiger partial charge in [0, 0.05) is 43.9 Å². The van der Waals surface area contributed by atoms with Gasteiger partial charge < -0.3 is 15.1 Å². The van der Waals surface area contributed by atoms with Gasteiger partial charge in [0.05, 0.1) is 0 Å². The van der Waals surface area contributed by atoms with E-state index in [-0.39, 0.29) is 5.91 Å². The van der Waals surface area contributed by atoms with Crippen LogP contribution in [0.3, 0.4) is 0 Å². The highest BCUT2D eigenvalue weighted by Gasteiger charge is 2.19. The van der Waals surface area contributed by atoms with E-state index < -0.39 is 0 Å². The Morgan fingerprint density at radius 1 is 1.00 bits per heavy atom. The molecule has 0 bridgehead atoms. The maximum Gasteiger partial charge on any atom is 0.271 e. The van der Waals surface area contributed by atoms with Gasteiger partial charge in [0.1, 0.15) is 0 Å². The fourth-order valence-corrected chi connectivity index (χ4v) is 2.71. The summed E-state index contributed by atoms with van der Waals surface area (Å²) in [5.41, 5.74) is 1.51. The number of halogens is 1. The molecular weight excluding hydrogens is 314 g/mol. The van der Waals surface area contributed by atoms with E-state index in [0.717, 1.165) is 37.0 Å². The van der Waals surface area contributed by atoms with E-state index in [1.54, 1.807) is 13.1 Å². The number of anilines is 2. The van der Waals surface area contributed by atoms with Crippen molar-refractivity contribution in [3.63, 3.8) is 0 Å². The Bertz CT molecular complexity index is 666. The van der Waals surface area contributed by atoms with Crippen LogP contribution < -0.4 is 15.1 Å². The SMILES string of the molecule is CNC(=O)c1ccc(N2CCN(c3ccc(Cl)cc3)CC2)nn1. The molecule has 0 saturated carbocycles. The highest BCUT2D eigenvalue weighted by atomic mass is 35.5. The molecule has 23 heavy (non-hydrogen) atoms. The number of nitrogens with zero attached hydrogens (tertiary/aromatic N) is 4. The van der Waals surface area contributed by atoms with E-state index in [1.807, 2.05) is 30.3 Å². The lowest BCUT2D eigenvalue weighted by atomic mass is 10.2. The van der Waals surface area contributed by atoms with Gasteiger partial charge in [0.25, 0.3) is 5.91 Å². The minimum Gasteiger partial charge on any atom is -0.368 e. The largest absolute Gasteiger partial charge is 0.368 e. The summed E-state index contributed by atoms with van der Waals surface area (Å²) < 4.78 is 0. The molecule has 1 aromatic heterocycles. The van der Waals surface area contributed by atoms with Gasteiger partial charge in [-0.1, -0.05) is 11.6 Å². The maximum atomic E-state index is 11.5. The normalized spacial score (nSPS) is 14.7. The number of rotatable bonds is 3. The molecule has 7 heteroatoms. The van der Waals surface area contributed by atoms with E-state index in [9.17, 15) is 4.79 Å². The molecule has 0 radical (unpaired) electrons. The Balaban J connectivity index is 1.62. The molecule has 6 nitrogen and oxygen atoms in total. The lowest BCUT2D eigenvalue weighted by Gasteiger charge is -2.36. The monoisotopic (exact) mass is 331 g/mol. The third kappa shape index (κ3) is 3.53. The van der Waals surface area contributed by atoms with Crippen molar-refractivity contribution >= 4 is 29.0 Å². The van der Waals surface area contributed by atoms with Gasteiger partial charge in [0.2, 0.25) is 0 Å². The topological polar surface area (TPSA) is 61.4 Å². The summed E-state index contributed by atoms with van der Waals surface area (Å²) in [6.07, 6.45) is 0.